The van der Waals surface area contributed by atoms with E-state index in [1.54, 1.807) is 11.8 Å². The zero-order chi connectivity index (χ0) is 14.3. The Balaban J connectivity index is 2.25. The Labute approximate surface area is 119 Å². The lowest BCUT2D eigenvalue weighted by atomic mass is 9.73. The van der Waals surface area contributed by atoms with Gasteiger partial charge in [0.15, 0.2) is 5.69 Å². The molecule has 1 atom stereocenters. The van der Waals surface area contributed by atoms with Crippen molar-refractivity contribution in [2.75, 3.05) is 18.6 Å². The average molecular weight is 292 g/mol. The fourth-order valence-corrected chi connectivity index (χ4v) is 4.15. The van der Waals surface area contributed by atoms with Crippen LogP contribution in [0.1, 0.15) is 22.5 Å². The number of thioether (sulfide) groups is 1. The molecule has 2 aliphatic heterocycles. The quantitative estimate of drug-likeness (QED) is 0.730. The molecule has 1 unspecified atom stereocenters. The van der Waals surface area contributed by atoms with Crippen LogP contribution in [0.25, 0.3) is 0 Å². The molecule has 0 bridgehead atoms. The highest BCUT2D eigenvalue weighted by molar-refractivity contribution is 7.99. The third kappa shape index (κ3) is 1.53. The molecule has 8 heteroatoms. The minimum atomic E-state index is -0.617. The van der Waals surface area contributed by atoms with Gasteiger partial charge in [0, 0.05) is 5.75 Å². The summed E-state index contributed by atoms with van der Waals surface area (Å²) in [6.07, 6.45) is 0.709. The molecule has 0 aliphatic carbocycles. The van der Waals surface area contributed by atoms with Gasteiger partial charge in [-0.1, -0.05) is 0 Å². The lowest BCUT2D eigenvalue weighted by Gasteiger charge is -2.32. The van der Waals surface area contributed by atoms with E-state index in [2.05, 4.69) is 16.3 Å². The van der Waals surface area contributed by atoms with E-state index in [0.29, 0.717) is 23.3 Å². The highest BCUT2D eigenvalue weighted by Crippen LogP contribution is 2.51. The molecule has 1 aromatic heterocycles. The number of nitrogens with one attached hydrogen (secondary N) is 1. The van der Waals surface area contributed by atoms with Gasteiger partial charge >= 0.3 is 5.97 Å². The molecule has 3 N–H and O–H groups in total. The number of carbonyl (C=O) groups excluding carboxylic acids is 1. The molecule has 1 fully saturated rings. The molecule has 2 aliphatic rings. The van der Waals surface area contributed by atoms with Gasteiger partial charge in [-0.15, -0.1) is 5.10 Å². The van der Waals surface area contributed by atoms with E-state index in [1.807, 2.05) is 0 Å². The third-order valence-corrected chi connectivity index (χ3v) is 4.86. The van der Waals surface area contributed by atoms with Crippen molar-refractivity contribution >= 4 is 17.7 Å². The number of fused-ring (bicyclic) bond motifs is 2. The van der Waals surface area contributed by atoms with Crippen molar-refractivity contribution in [3.05, 3.63) is 22.7 Å². The van der Waals surface area contributed by atoms with Gasteiger partial charge < -0.3 is 15.2 Å². The first-order chi connectivity index (χ1) is 9.64. The minimum Gasteiger partial charge on any atom is -0.464 e. The Morgan fingerprint density at radius 3 is 3.10 bits per heavy atom. The number of nitriles is 1. The number of rotatable bonds is 1. The summed E-state index contributed by atoms with van der Waals surface area (Å²) in [4.78, 5) is 11.9. The molecule has 3 heterocycles. The SMILES string of the molecule is COC(=O)c1[nH]nc2c1C1(CCSC1)C(C#N)=C(N)O2. The van der Waals surface area contributed by atoms with Gasteiger partial charge in [0.2, 0.25) is 11.8 Å². The van der Waals surface area contributed by atoms with Crippen LogP contribution in [0.3, 0.4) is 0 Å². The van der Waals surface area contributed by atoms with Crippen LogP contribution >= 0.6 is 11.8 Å². The van der Waals surface area contributed by atoms with Gasteiger partial charge in [-0.25, -0.2) is 4.79 Å². The van der Waals surface area contributed by atoms with Crippen LogP contribution in [0.15, 0.2) is 11.5 Å². The number of nitrogens with two attached hydrogens (primary N) is 1. The molecular weight excluding hydrogens is 280 g/mol. The predicted molar refractivity (Wildman–Crippen MR) is 71.0 cm³/mol. The lowest BCUT2D eigenvalue weighted by molar-refractivity contribution is 0.0591. The molecule has 0 aromatic carbocycles. The molecule has 0 saturated carbocycles. The zero-order valence-electron chi connectivity index (χ0n) is 10.7. The molecule has 0 radical (unpaired) electrons. The molecule has 1 saturated heterocycles. The van der Waals surface area contributed by atoms with E-state index in [1.165, 1.54) is 7.11 Å². The van der Waals surface area contributed by atoms with Gasteiger partial charge in [-0.2, -0.15) is 17.0 Å². The molecule has 0 amide bonds. The van der Waals surface area contributed by atoms with Crippen LogP contribution in [0.2, 0.25) is 0 Å². The first kappa shape index (κ1) is 12.9. The van der Waals surface area contributed by atoms with Crippen LogP contribution in [0.4, 0.5) is 0 Å². The summed E-state index contributed by atoms with van der Waals surface area (Å²) in [5, 5.41) is 16.0. The van der Waals surface area contributed by atoms with E-state index in [-0.39, 0.29) is 17.5 Å². The average Bonchev–Trinajstić information content (AvgIpc) is 3.06. The van der Waals surface area contributed by atoms with Gasteiger partial charge in [0.25, 0.3) is 0 Å². The maximum atomic E-state index is 11.9. The van der Waals surface area contributed by atoms with Crippen LogP contribution in [-0.4, -0.2) is 34.8 Å². The Kier molecular flexibility index (Phi) is 2.87. The number of nitrogens with zero attached hydrogens (tertiary/aromatic N) is 2. The van der Waals surface area contributed by atoms with E-state index in [0.717, 1.165) is 5.75 Å². The number of ether oxygens (including phenoxy) is 2. The number of aromatic nitrogens is 2. The second kappa shape index (κ2) is 4.45. The summed E-state index contributed by atoms with van der Waals surface area (Å²) >= 11 is 1.71. The number of esters is 1. The summed E-state index contributed by atoms with van der Waals surface area (Å²) in [5.74, 6) is 1.33. The Morgan fingerprint density at radius 2 is 2.50 bits per heavy atom. The maximum Gasteiger partial charge on any atom is 0.356 e. The maximum absolute atomic E-state index is 11.9. The van der Waals surface area contributed by atoms with E-state index >= 15 is 0 Å². The summed E-state index contributed by atoms with van der Waals surface area (Å²) in [7, 11) is 1.30. The Bertz CT molecular complexity index is 652. The second-order valence-corrected chi connectivity index (χ2v) is 5.71. The number of allylic oxidation sites excluding steroid dienone is 1. The first-order valence-corrected chi connectivity index (χ1v) is 7.12. The highest BCUT2D eigenvalue weighted by atomic mass is 32.2. The van der Waals surface area contributed by atoms with Gasteiger partial charge in [0.05, 0.1) is 18.1 Å². The normalized spacial score (nSPS) is 24.2. The zero-order valence-corrected chi connectivity index (χ0v) is 11.5. The molecular formula is C12H12N4O3S. The predicted octanol–water partition coefficient (Wildman–Crippen LogP) is 0.657. The van der Waals surface area contributed by atoms with Crippen molar-refractivity contribution in [2.24, 2.45) is 5.73 Å². The van der Waals surface area contributed by atoms with Crippen molar-refractivity contribution in [3.63, 3.8) is 0 Å². The summed E-state index contributed by atoms with van der Waals surface area (Å²) < 4.78 is 10.1. The summed E-state index contributed by atoms with van der Waals surface area (Å²) in [6, 6.07) is 2.12. The van der Waals surface area contributed by atoms with Gasteiger partial charge in [-0.3, -0.25) is 5.10 Å². The number of H-pyrrole nitrogens is 1. The minimum absolute atomic E-state index is 0.0606. The van der Waals surface area contributed by atoms with Gasteiger partial charge in [0.1, 0.15) is 11.6 Å². The smallest absolute Gasteiger partial charge is 0.356 e. The van der Waals surface area contributed by atoms with E-state index in [9.17, 15) is 10.1 Å². The molecule has 3 rings (SSSR count). The van der Waals surface area contributed by atoms with Crippen molar-refractivity contribution < 1.29 is 14.3 Å². The largest absolute Gasteiger partial charge is 0.464 e. The van der Waals surface area contributed by atoms with Crippen molar-refractivity contribution in [2.45, 2.75) is 11.8 Å². The van der Waals surface area contributed by atoms with Crippen LogP contribution in [0.5, 0.6) is 5.88 Å². The third-order valence-electron chi connectivity index (χ3n) is 3.67. The number of methoxy groups -OCH3 is 1. The standard InChI is InChI=1S/C12H12N4O3S/c1-18-11(17)8-7-10(16-15-8)19-9(14)6(4-13)12(7)2-3-20-5-12/h2-3,5,14H2,1H3,(H,15,16). The number of hydrogen-bond acceptors (Lipinski definition) is 7. The van der Waals surface area contributed by atoms with Crippen LogP contribution in [-0.2, 0) is 10.2 Å². The molecule has 7 nitrogen and oxygen atoms in total. The monoisotopic (exact) mass is 292 g/mol. The van der Waals surface area contributed by atoms with Crippen molar-refractivity contribution in [1.82, 2.24) is 10.2 Å². The fraction of sp³-hybridized carbons (Fsp3) is 0.417. The number of aromatic amines is 1. The molecule has 1 spiro atoms. The van der Waals surface area contributed by atoms with E-state index < -0.39 is 11.4 Å². The Hall–Kier alpha value is -2.14. The number of hydrogen-bond donors (Lipinski definition) is 2. The molecule has 104 valence electrons. The fourth-order valence-electron chi connectivity index (χ4n) is 2.73. The van der Waals surface area contributed by atoms with Gasteiger partial charge in [-0.05, 0) is 12.2 Å². The summed E-state index contributed by atoms with van der Waals surface area (Å²) in [6.45, 7) is 0. The topological polar surface area (TPSA) is 114 Å². The van der Waals surface area contributed by atoms with Crippen LogP contribution < -0.4 is 10.5 Å². The lowest BCUT2D eigenvalue weighted by Crippen LogP contribution is -2.36. The highest BCUT2D eigenvalue weighted by Gasteiger charge is 2.50. The van der Waals surface area contributed by atoms with Crippen molar-refractivity contribution in [1.29, 1.82) is 5.26 Å². The molecule has 20 heavy (non-hydrogen) atoms. The molecule has 1 aromatic rings. The van der Waals surface area contributed by atoms with Crippen LogP contribution in [0, 0.1) is 11.3 Å². The van der Waals surface area contributed by atoms with Crippen molar-refractivity contribution in [3.8, 4) is 11.9 Å². The number of carbonyl (C=O) groups is 1. The van der Waals surface area contributed by atoms with E-state index in [4.69, 9.17) is 15.2 Å². The second-order valence-electron chi connectivity index (χ2n) is 4.61. The first-order valence-electron chi connectivity index (χ1n) is 5.97. The summed E-state index contributed by atoms with van der Waals surface area (Å²) in [5.41, 5.74) is 6.39. The Morgan fingerprint density at radius 1 is 1.70 bits per heavy atom.